The summed E-state index contributed by atoms with van der Waals surface area (Å²) in [6, 6.07) is 5.87. The molecule has 1 atom stereocenters. The second-order valence-corrected chi connectivity index (χ2v) is 6.75. The van der Waals surface area contributed by atoms with Gasteiger partial charge in [0.1, 0.15) is 0 Å². The van der Waals surface area contributed by atoms with Crippen LogP contribution in [0.5, 0.6) is 0 Å². The van der Waals surface area contributed by atoms with Crippen molar-refractivity contribution >= 4 is 28.3 Å². The summed E-state index contributed by atoms with van der Waals surface area (Å²) < 4.78 is 26.7. The number of amides is 1. The van der Waals surface area contributed by atoms with Gasteiger partial charge in [0.25, 0.3) is 5.91 Å². The molecule has 0 radical (unpaired) electrons. The zero-order valence-corrected chi connectivity index (χ0v) is 13.3. The van der Waals surface area contributed by atoms with E-state index in [9.17, 15) is 13.2 Å². The smallest absolute Gasteiger partial charge is 0.251 e. The molecule has 1 aromatic carbocycles. The maximum absolute atomic E-state index is 12.1. The maximum atomic E-state index is 12.1. The molecule has 0 bridgehead atoms. The second-order valence-electron chi connectivity index (χ2n) is 5.03. The van der Waals surface area contributed by atoms with Crippen LogP contribution in [0, 0.1) is 0 Å². The van der Waals surface area contributed by atoms with E-state index in [0.717, 1.165) is 12.8 Å². The number of nitrogens with two attached hydrogens (primary N) is 1. The lowest BCUT2D eigenvalue weighted by molar-refractivity contribution is 0.0941. The molecule has 1 fully saturated rings. The third kappa shape index (κ3) is 4.96. The number of sulfonamides is 1. The van der Waals surface area contributed by atoms with E-state index in [2.05, 4.69) is 10.0 Å². The fraction of sp³-hybridized carbons (Fsp3) is 0.462. The number of halogens is 1. The summed E-state index contributed by atoms with van der Waals surface area (Å²) in [5.41, 5.74) is 5.75. The van der Waals surface area contributed by atoms with E-state index in [0.29, 0.717) is 12.1 Å². The van der Waals surface area contributed by atoms with Crippen molar-refractivity contribution < 1.29 is 13.2 Å². The van der Waals surface area contributed by atoms with E-state index < -0.39 is 10.0 Å². The zero-order chi connectivity index (χ0) is 14.8. The van der Waals surface area contributed by atoms with E-state index in [4.69, 9.17) is 5.73 Å². The molecule has 6 nitrogen and oxygen atoms in total. The Kier molecular flexibility index (Phi) is 6.15. The third-order valence-electron chi connectivity index (χ3n) is 3.04. The van der Waals surface area contributed by atoms with Crippen LogP contribution in [0.1, 0.15) is 30.1 Å². The SMILES string of the molecule is C[C@@H](CN)NC(=O)c1cccc(S(=O)(=O)NC2CC2)c1.Cl. The molecular formula is C13H20ClN3O3S. The van der Waals surface area contributed by atoms with Crippen LogP contribution in [0.2, 0.25) is 0 Å². The summed E-state index contributed by atoms with van der Waals surface area (Å²) >= 11 is 0. The van der Waals surface area contributed by atoms with Crippen LogP contribution in [0.3, 0.4) is 0 Å². The van der Waals surface area contributed by atoms with Gasteiger partial charge in [-0.3, -0.25) is 4.79 Å². The first-order valence-electron chi connectivity index (χ1n) is 6.55. The van der Waals surface area contributed by atoms with Crippen molar-refractivity contribution in [2.24, 2.45) is 5.73 Å². The van der Waals surface area contributed by atoms with Crippen molar-refractivity contribution in [3.8, 4) is 0 Å². The molecule has 1 aliphatic carbocycles. The maximum Gasteiger partial charge on any atom is 0.251 e. The Morgan fingerprint density at radius 3 is 2.67 bits per heavy atom. The van der Waals surface area contributed by atoms with Crippen LogP contribution < -0.4 is 15.8 Å². The van der Waals surface area contributed by atoms with E-state index in [1.165, 1.54) is 12.1 Å². The van der Waals surface area contributed by atoms with Gasteiger partial charge in [0.15, 0.2) is 0 Å². The topological polar surface area (TPSA) is 101 Å². The molecule has 1 aromatic rings. The van der Waals surface area contributed by atoms with Crippen LogP contribution in [0.4, 0.5) is 0 Å². The largest absolute Gasteiger partial charge is 0.348 e. The first-order chi connectivity index (χ1) is 9.42. The monoisotopic (exact) mass is 333 g/mol. The summed E-state index contributed by atoms with van der Waals surface area (Å²) in [5, 5.41) is 2.70. The molecule has 118 valence electrons. The Morgan fingerprint density at radius 1 is 1.43 bits per heavy atom. The molecule has 0 aliphatic heterocycles. The Hall–Kier alpha value is -1.15. The summed E-state index contributed by atoms with van der Waals surface area (Å²) in [6.07, 6.45) is 1.74. The molecule has 0 heterocycles. The van der Waals surface area contributed by atoms with Gasteiger partial charge in [-0.05, 0) is 38.0 Å². The van der Waals surface area contributed by atoms with E-state index >= 15 is 0 Å². The molecule has 4 N–H and O–H groups in total. The molecule has 2 rings (SSSR count). The molecule has 1 amide bonds. The minimum Gasteiger partial charge on any atom is -0.348 e. The quantitative estimate of drug-likeness (QED) is 0.710. The standard InChI is InChI=1S/C13H19N3O3S.ClH/c1-9(8-14)15-13(17)10-3-2-4-12(7-10)20(18,19)16-11-5-6-11;/h2-4,7,9,11,16H,5-6,8,14H2,1H3,(H,15,17);1H/t9-;/m0./s1. The summed E-state index contributed by atoms with van der Waals surface area (Å²) in [6.45, 7) is 2.11. The highest BCUT2D eigenvalue weighted by molar-refractivity contribution is 7.89. The molecule has 1 aliphatic rings. The van der Waals surface area contributed by atoms with Crippen molar-refractivity contribution in [1.82, 2.24) is 10.0 Å². The van der Waals surface area contributed by atoms with Gasteiger partial charge < -0.3 is 11.1 Å². The van der Waals surface area contributed by atoms with Crippen molar-refractivity contribution in [1.29, 1.82) is 0 Å². The Morgan fingerprint density at radius 2 is 2.10 bits per heavy atom. The van der Waals surface area contributed by atoms with Gasteiger partial charge in [-0.2, -0.15) is 0 Å². The average Bonchev–Trinajstić information content (AvgIpc) is 3.22. The molecule has 1 saturated carbocycles. The number of benzene rings is 1. The molecular weight excluding hydrogens is 314 g/mol. The number of carbonyl (C=O) groups excluding carboxylic acids is 1. The van der Waals surface area contributed by atoms with Gasteiger partial charge >= 0.3 is 0 Å². The van der Waals surface area contributed by atoms with Crippen molar-refractivity contribution in [2.45, 2.75) is 36.7 Å². The van der Waals surface area contributed by atoms with Gasteiger partial charge in [-0.1, -0.05) is 6.07 Å². The molecule has 0 spiro atoms. The van der Waals surface area contributed by atoms with Gasteiger partial charge in [0, 0.05) is 24.2 Å². The van der Waals surface area contributed by atoms with Crippen molar-refractivity contribution in [3.63, 3.8) is 0 Å². The predicted octanol–water partition coefficient (Wildman–Crippen LogP) is 0.626. The summed E-state index contributed by atoms with van der Waals surface area (Å²) in [5.74, 6) is -0.327. The molecule has 8 heteroatoms. The van der Waals surface area contributed by atoms with E-state index in [-0.39, 0.29) is 35.3 Å². The lowest BCUT2D eigenvalue weighted by atomic mass is 10.2. The Labute approximate surface area is 130 Å². The normalized spacial score (nSPS) is 15.9. The number of rotatable bonds is 6. The van der Waals surface area contributed by atoms with Crippen LogP contribution in [0.15, 0.2) is 29.2 Å². The molecule has 0 aromatic heterocycles. The van der Waals surface area contributed by atoms with Crippen molar-refractivity contribution in [3.05, 3.63) is 29.8 Å². The highest BCUT2D eigenvalue weighted by atomic mass is 35.5. The highest BCUT2D eigenvalue weighted by Gasteiger charge is 2.28. The second kappa shape index (κ2) is 7.22. The average molecular weight is 334 g/mol. The predicted molar refractivity (Wildman–Crippen MR) is 83.0 cm³/mol. The summed E-state index contributed by atoms with van der Waals surface area (Å²) in [7, 11) is -3.54. The first-order valence-corrected chi connectivity index (χ1v) is 8.04. The first kappa shape index (κ1) is 17.9. The van der Waals surface area contributed by atoms with Gasteiger partial charge in [-0.25, -0.2) is 13.1 Å². The van der Waals surface area contributed by atoms with Gasteiger partial charge in [0.2, 0.25) is 10.0 Å². The fourth-order valence-corrected chi connectivity index (χ4v) is 3.01. The molecule has 0 saturated heterocycles. The zero-order valence-electron chi connectivity index (χ0n) is 11.7. The van der Waals surface area contributed by atoms with Crippen LogP contribution >= 0.6 is 12.4 Å². The molecule has 21 heavy (non-hydrogen) atoms. The third-order valence-corrected chi connectivity index (χ3v) is 4.55. The van der Waals surface area contributed by atoms with Crippen LogP contribution in [0.25, 0.3) is 0 Å². The number of hydrogen-bond donors (Lipinski definition) is 3. The minimum absolute atomic E-state index is 0. The van der Waals surface area contributed by atoms with Crippen LogP contribution in [-0.4, -0.2) is 33.0 Å². The van der Waals surface area contributed by atoms with Crippen molar-refractivity contribution in [2.75, 3.05) is 6.54 Å². The van der Waals surface area contributed by atoms with E-state index in [1.807, 2.05) is 0 Å². The van der Waals surface area contributed by atoms with Gasteiger partial charge in [0.05, 0.1) is 4.90 Å². The van der Waals surface area contributed by atoms with Gasteiger partial charge in [-0.15, -0.1) is 12.4 Å². The lowest BCUT2D eigenvalue weighted by Crippen LogP contribution is -2.37. The highest BCUT2D eigenvalue weighted by Crippen LogP contribution is 2.22. The summed E-state index contributed by atoms with van der Waals surface area (Å²) in [4.78, 5) is 12.1. The molecule has 0 unspecified atom stereocenters. The number of nitrogens with one attached hydrogen (secondary N) is 2. The van der Waals surface area contributed by atoms with E-state index in [1.54, 1.807) is 19.1 Å². The minimum atomic E-state index is -3.54. The fourth-order valence-electron chi connectivity index (χ4n) is 1.66. The number of carbonyl (C=O) groups is 1. The Balaban J connectivity index is 0.00000220. The van der Waals surface area contributed by atoms with Crippen LogP contribution in [-0.2, 0) is 10.0 Å². The lowest BCUT2D eigenvalue weighted by Gasteiger charge is -2.12. The Bertz CT molecular complexity index is 602. The number of hydrogen-bond acceptors (Lipinski definition) is 4.